The summed E-state index contributed by atoms with van der Waals surface area (Å²) in [4.78, 5) is 25.6. The highest BCUT2D eigenvalue weighted by molar-refractivity contribution is 6.13. The normalized spacial score (nSPS) is 18.4. The van der Waals surface area contributed by atoms with Gasteiger partial charge in [-0.1, -0.05) is 50.6 Å². The van der Waals surface area contributed by atoms with Gasteiger partial charge in [0.1, 0.15) is 5.41 Å². The number of hydrogen-bond acceptors (Lipinski definition) is 2. The van der Waals surface area contributed by atoms with Crippen LogP contribution in [0.1, 0.15) is 71.3 Å². The van der Waals surface area contributed by atoms with Crippen LogP contribution in [0.5, 0.6) is 0 Å². The number of benzene rings is 1. The highest BCUT2D eigenvalue weighted by atomic mass is 16.2. The van der Waals surface area contributed by atoms with Crippen molar-refractivity contribution >= 4 is 17.5 Å². The molecule has 0 spiro atoms. The van der Waals surface area contributed by atoms with Gasteiger partial charge < -0.3 is 10.6 Å². The molecule has 0 aliphatic heterocycles. The smallest absolute Gasteiger partial charge is 0.240 e. The molecule has 27 heavy (non-hydrogen) atoms. The van der Waals surface area contributed by atoms with Gasteiger partial charge in [-0.3, -0.25) is 9.59 Å². The first-order valence-corrected chi connectivity index (χ1v) is 10.2. The Hall–Kier alpha value is -2.10. The molecule has 146 valence electrons. The van der Waals surface area contributed by atoms with Crippen molar-refractivity contribution in [3.8, 4) is 0 Å². The summed E-state index contributed by atoms with van der Waals surface area (Å²) in [5.41, 5.74) is 2.37. The van der Waals surface area contributed by atoms with Crippen molar-refractivity contribution in [3.63, 3.8) is 0 Å². The first kappa shape index (κ1) is 19.7. The van der Waals surface area contributed by atoms with Crippen molar-refractivity contribution in [2.45, 2.75) is 71.1 Å². The fraction of sp³-hybridized carbons (Fsp3) is 0.565. The van der Waals surface area contributed by atoms with Gasteiger partial charge in [0.15, 0.2) is 0 Å². The first-order chi connectivity index (χ1) is 12.8. The molecule has 0 radical (unpaired) electrons. The Morgan fingerprint density at radius 2 is 1.81 bits per heavy atom. The van der Waals surface area contributed by atoms with Crippen LogP contribution in [0.4, 0.5) is 5.69 Å². The van der Waals surface area contributed by atoms with E-state index in [1.807, 2.05) is 24.3 Å². The Morgan fingerprint density at radius 3 is 2.44 bits per heavy atom. The summed E-state index contributed by atoms with van der Waals surface area (Å²) in [6, 6.07) is 7.85. The van der Waals surface area contributed by atoms with Crippen LogP contribution in [-0.2, 0) is 15.0 Å². The minimum absolute atomic E-state index is 0.0729. The largest absolute Gasteiger partial charge is 0.355 e. The second-order valence-corrected chi connectivity index (χ2v) is 8.95. The summed E-state index contributed by atoms with van der Waals surface area (Å²) in [6.45, 7) is 6.99. The van der Waals surface area contributed by atoms with E-state index >= 15 is 0 Å². The van der Waals surface area contributed by atoms with Crippen molar-refractivity contribution < 1.29 is 9.59 Å². The first-order valence-electron chi connectivity index (χ1n) is 10.2. The molecule has 4 nitrogen and oxygen atoms in total. The van der Waals surface area contributed by atoms with Gasteiger partial charge in [-0.2, -0.15) is 0 Å². The van der Waals surface area contributed by atoms with Crippen LogP contribution in [0.15, 0.2) is 35.9 Å². The summed E-state index contributed by atoms with van der Waals surface area (Å²) < 4.78 is 0. The average molecular weight is 369 g/mol. The molecule has 0 heterocycles. The highest BCUT2D eigenvalue weighted by Gasteiger charge is 2.56. The maximum Gasteiger partial charge on any atom is 0.240 e. The third-order valence-corrected chi connectivity index (χ3v) is 5.72. The molecule has 1 aromatic carbocycles. The molecule has 0 atom stereocenters. The Kier molecular flexibility index (Phi) is 5.73. The van der Waals surface area contributed by atoms with Crippen molar-refractivity contribution in [1.29, 1.82) is 0 Å². The van der Waals surface area contributed by atoms with E-state index in [-0.39, 0.29) is 17.2 Å². The molecular weight excluding hydrogens is 336 g/mol. The standard InChI is InChI=1S/C23H32N2O2/c1-22(2,3)18-11-7-8-12-19(18)25-21(27)23(14-15-23)20(26)24-16-13-17-9-5-4-6-10-17/h7-9,11-12H,4-6,10,13-16H2,1-3H3,(H,24,26)(H,25,27). The van der Waals surface area contributed by atoms with Gasteiger partial charge in [0.2, 0.25) is 11.8 Å². The minimum atomic E-state index is -0.883. The lowest BCUT2D eigenvalue weighted by Crippen LogP contribution is -2.40. The molecule has 0 saturated heterocycles. The third-order valence-electron chi connectivity index (χ3n) is 5.72. The van der Waals surface area contributed by atoms with E-state index in [9.17, 15) is 9.59 Å². The van der Waals surface area contributed by atoms with Crippen molar-refractivity contribution in [3.05, 3.63) is 41.5 Å². The van der Waals surface area contributed by atoms with Gasteiger partial charge in [0, 0.05) is 12.2 Å². The molecule has 2 aliphatic carbocycles. The van der Waals surface area contributed by atoms with Gasteiger partial charge in [0.05, 0.1) is 0 Å². The zero-order valence-electron chi connectivity index (χ0n) is 16.9. The molecule has 2 aliphatic rings. The van der Waals surface area contributed by atoms with Crippen molar-refractivity contribution in [1.82, 2.24) is 5.32 Å². The van der Waals surface area contributed by atoms with Crippen LogP contribution in [0.25, 0.3) is 0 Å². The van der Waals surface area contributed by atoms with E-state index in [1.54, 1.807) is 0 Å². The Balaban J connectivity index is 1.59. The fourth-order valence-corrected chi connectivity index (χ4v) is 3.81. The zero-order valence-corrected chi connectivity index (χ0v) is 16.9. The summed E-state index contributed by atoms with van der Waals surface area (Å²) >= 11 is 0. The van der Waals surface area contributed by atoms with Gasteiger partial charge in [-0.15, -0.1) is 0 Å². The van der Waals surface area contributed by atoms with Crippen LogP contribution < -0.4 is 10.6 Å². The Bertz CT molecular complexity index is 739. The third kappa shape index (κ3) is 4.60. The number of rotatable bonds is 6. The van der Waals surface area contributed by atoms with Crippen LogP contribution in [0.2, 0.25) is 0 Å². The molecular formula is C23H32N2O2. The van der Waals surface area contributed by atoms with Crippen LogP contribution in [-0.4, -0.2) is 18.4 Å². The number of hydrogen-bond donors (Lipinski definition) is 2. The topological polar surface area (TPSA) is 58.2 Å². The predicted octanol–water partition coefficient (Wildman–Crippen LogP) is 4.71. The van der Waals surface area contributed by atoms with E-state index < -0.39 is 5.41 Å². The SMILES string of the molecule is CC(C)(C)c1ccccc1NC(=O)C1(C(=O)NCCC2=CCCCC2)CC1. The van der Waals surface area contributed by atoms with Gasteiger partial charge in [0.25, 0.3) is 0 Å². The van der Waals surface area contributed by atoms with Gasteiger partial charge >= 0.3 is 0 Å². The Labute approximate surface area is 162 Å². The maximum absolute atomic E-state index is 12.9. The molecule has 4 heteroatoms. The van der Waals surface area contributed by atoms with Crippen molar-refractivity contribution in [2.24, 2.45) is 5.41 Å². The van der Waals surface area contributed by atoms with Crippen LogP contribution in [0, 0.1) is 5.41 Å². The molecule has 2 amide bonds. The molecule has 0 bridgehead atoms. The van der Waals surface area contributed by atoms with Gasteiger partial charge in [-0.05, 0) is 62.0 Å². The molecule has 0 unspecified atom stereocenters. The monoisotopic (exact) mass is 368 g/mol. The summed E-state index contributed by atoms with van der Waals surface area (Å²) in [6.07, 6.45) is 9.29. The fourth-order valence-electron chi connectivity index (χ4n) is 3.81. The molecule has 0 aromatic heterocycles. The lowest BCUT2D eigenvalue weighted by atomic mass is 9.85. The van der Waals surface area contributed by atoms with E-state index in [1.165, 1.54) is 18.4 Å². The van der Waals surface area contributed by atoms with E-state index in [4.69, 9.17) is 0 Å². The highest BCUT2D eigenvalue weighted by Crippen LogP contribution is 2.47. The summed E-state index contributed by atoms with van der Waals surface area (Å²) in [5, 5.41) is 6.03. The number of para-hydroxylation sites is 1. The zero-order chi connectivity index (χ0) is 19.5. The van der Waals surface area contributed by atoms with E-state index in [0.29, 0.717) is 19.4 Å². The summed E-state index contributed by atoms with van der Waals surface area (Å²) in [7, 11) is 0. The van der Waals surface area contributed by atoms with Crippen LogP contribution >= 0.6 is 0 Å². The lowest BCUT2D eigenvalue weighted by Gasteiger charge is -2.24. The molecule has 1 aromatic rings. The minimum Gasteiger partial charge on any atom is -0.355 e. The second-order valence-electron chi connectivity index (χ2n) is 8.95. The number of carbonyl (C=O) groups excluding carboxylic acids is 2. The van der Waals surface area contributed by atoms with Gasteiger partial charge in [-0.25, -0.2) is 0 Å². The molecule has 1 saturated carbocycles. The number of nitrogens with one attached hydrogen (secondary N) is 2. The number of carbonyl (C=O) groups is 2. The second kappa shape index (κ2) is 7.87. The molecule has 2 N–H and O–H groups in total. The number of amides is 2. The molecule has 3 rings (SSSR count). The average Bonchev–Trinajstić information content (AvgIpc) is 3.44. The summed E-state index contributed by atoms with van der Waals surface area (Å²) in [5.74, 6) is -0.293. The van der Waals surface area contributed by atoms with Crippen LogP contribution in [0.3, 0.4) is 0 Å². The maximum atomic E-state index is 12.9. The number of anilines is 1. The quantitative estimate of drug-likeness (QED) is 0.564. The van der Waals surface area contributed by atoms with Crippen molar-refractivity contribution in [2.75, 3.05) is 11.9 Å². The lowest BCUT2D eigenvalue weighted by molar-refractivity contribution is -0.134. The Morgan fingerprint density at radius 1 is 1.07 bits per heavy atom. The predicted molar refractivity (Wildman–Crippen MR) is 110 cm³/mol. The molecule has 1 fully saturated rings. The van der Waals surface area contributed by atoms with E-state index in [2.05, 4.69) is 37.5 Å². The number of allylic oxidation sites excluding steroid dienone is 1. The van der Waals surface area contributed by atoms with E-state index in [0.717, 1.165) is 30.5 Å².